The molecule has 1 N–H and O–H groups in total. The van der Waals surface area contributed by atoms with Crippen LogP contribution in [-0.4, -0.2) is 68.4 Å². The molecule has 1 saturated heterocycles. The highest BCUT2D eigenvalue weighted by atomic mass is 32.2. The van der Waals surface area contributed by atoms with Gasteiger partial charge in [-0.1, -0.05) is 26.8 Å². The minimum atomic E-state index is -3.42. The van der Waals surface area contributed by atoms with Gasteiger partial charge in [0.25, 0.3) is 10.2 Å². The van der Waals surface area contributed by atoms with E-state index >= 15 is 0 Å². The highest BCUT2D eigenvalue weighted by Gasteiger charge is 2.19. The Morgan fingerprint density at radius 1 is 1.12 bits per heavy atom. The van der Waals surface area contributed by atoms with Gasteiger partial charge in [0.2, 0.25) is 0 Å². The number of nitrogens with zero attached hydrogens (tertiary/aromatic N) is 4. The van der Waals surface area contributed by atoms with Crippen LogP contribution in [0.3, 0.4) is 0 Å². The summed E-state index contributed by atoms with van der Waals surface area (Å²) in [5.41, 5.74) is 0.863. The minimum Gasteiger partial charge on any atom is -0.354 e. The Bertz CT molecular complexity index is 593. The highest BCUT2D eigenvalue weighted by Crippen LogP contribution is 2.14. The van der Waals surface area contributed by atoms with Crippen molar-refractivity contribution in [2.75, 3.05) is 50.7 Å². The van der Waals surface area contributed by atoms with Gasteiger partial charge < -0.3 is 9.80 Å². The van der Waals surface area contributed by atoms with Crippen molar-refractivity contribution in [2.24, 2.45) is 0 Å². The molecule has 1 fully saturated rings. The van der Waals surface area contributed by atoms with Crippen LogP contribution < -0.4 is 9.62 Å². The molecular formula is C16H29N5O2S. The third kappa shape index (κ3) is 4.89. The summed E-state index contributed by atoms with van der Waals surface area (Å²) in [6.45, 7) is 12.2. The van der Waals surface area contributed by atoms with E-state index in [4.69, 9.17) is 0 Å². The van der Waals surface area contributed by atoms with Gasteiger partial charge in [0.15, 0.2) is 0 Å². The number of hydrogen-bond donors (Lipinski definition) is 1. The molecule has 0 aliphatic carbocycles. The first-order valence-corrected chi connectivity index (χ1v) is 10.1. The molecule has 8 heteroatoms. The van der Waals surface area contributed by atoms with Crippen LogP contribution in [0.15, 0.2) is 18.3 Å². The van der Waals surface area contributed by atoms with E-state index in [9.17, 15) is 8.42 Å². The molecular weight excluding hydrogens is 326 g/mol. The minimum absolute atomic E-state index is 0.260. The molecule has 1 aromatic rings. The zero-order valence-electron chi connectivity index (χ0n) is 14.9. The molecule has 0 aromatic carbocycles. The van der Waals surface area contributed by atoms with Crippen LogP contribution in [0, 0.1) is 0 Å². The predicted octanol–water partition coefficient (Wildman–Crippen LogP) is 0.900. The number of likely N-dealkylation sites (N-methyl/N-ethyl adjacent to an activating group) is 1. The average Bonchev–Trinajstić information content (AvgIpc) is 2.61. The van der Waals surface area contributed by atoms with E-state index < -0.39 is 10.2 Å². The van der Waals surface area contributed by atoms with Gasteiger partial charge in [0.05, 0.1) is 0 Å². The lowest BCUT2D eigenvalue weighted by molar-refractivity contribution is 0.270. The van der Waals surface area contributed by atoms with Crippen molar-refractivity contribution in [3.05, 3.63) is 23.9 Å². The number of aromatic nitrogens is 1. The number of rotatable bonds is 8. The van der Waals surface area contributed by atoms with Gasteiger partial charge in [-0.15, -0.1) is 0 Å². The van der Waals surface area contributed by atoms with E-state index in [1.165, 1.54) is 4.31 Å². The van der Waals surface area contributed by atoms with Gasteiger partial charge in [-0.3, -0.25) is 0 Å². The first-order chi connectivity index (χ1) is 11.5. The lowest BCUT2D eigenvalue weighted by Gasteiger charge is -2.34. The maximum atomic E-state index is 12.1. The number of anilines is 1. The first kappa shape index (κ1) is 19.1. The molecule has 0 radical (unpaired) electrons. The third-order valence-corrected chi connectivity index (χ3v) is 6.16. The van der Waals surface area contributed by atoms with Crippen molar-refractivity contribution in [3.8, 4) is 0 Å². The Kier molecular flexibility index (Phi) is 6.97. The molecule has 1 aromatic heterocycles. The topological polar surface area (TPSA) is 68.8 Å². The quantitative estimate of drug-likeness (QED) is 0.750. The van der Waals surface area contributed by atoms with E-state index in [2.05, 4.69) is 26.4 Å². The second kappa shape index (κ2) is 8.75. The van der Waals surface area contributed by atoms with Gasteiger partial charge in [-0.05, 0) is 18.2 Å². The van der Waals surface area contributed by atoms with Crippen LogP contribution in [0.4, 0.5) is 5.82 Å². The van der Waals surface area contributed by atoms with Gasteiger partial charge >= 0.3 is 0 Å². The molecule has 136 valence electrons. The van der Waals surface area contributed by atoms with Crippen molar-refractivity contribution >= 4 is 16.0 Å². The zero-order valence-corrected chi connectivity index (χ0v) is 15.7. The Balaban J connectivity index is 1.91. The number of nitrogens with one attached hydrogen (secondary N) is 1. The summed E-state index contributed by atoms with van der Waals surface area (Å²) in [6.07, 6.45) is 1.76. The molecule has 1 aliphatic rings. The Labute approximate surface area is 145 Å². The molecule has 0 unspecified atom stereocenters. The molecule has 2 rings (SSSR count). The van der Waals surface area contributed by atoms with E-state index in [1.54, 1.807) is 6.20 Å². The Hall–Kier alpha value is -1.22. The fraction of sp³-hybridized carbons (Fsp3) is 0.688. The first-order valence-electron chi connectivity index (χ1n) is 8.67. The summed E-state index contributed by atoms with van der Waals surface area (Å²) >= 11 is 0. The van der Waals surface area contributed by atoms with Gasteiger partial charge in [-0.2, -0.15) is 17.4 Å². The molecule has 0 saturated carbocycles. The predicted molar refractivity (Wildman–Crippen MR) is 97.2 cm³/mol. The summed E-state index contributed by atoms with van der Waals surface area (Å²) in [5, 5.41) is 0. The summed E-state index contributed by atoms with van der Waals surface area (Å²) in [5.74, 6) is 0.959. The van der Waals surface area contributed by atoms with E-state index in [1.807, 2.05) is 26.0 Å². The maximum Gasteiger partial charge on any atom is 0.279 e. The highest BCUT2D eigenvalue weighted by molar-refractivity contribution is 7.87. The largest absolute Gasteiger partial charge is 0.354 e. The van der Waals surface area contributed by atoms with E-state index in [0.717, 1.165) is 44.1 Å². The lowest BCUT2D eigenvalue weighted by Crippen LogP contribution is -2.46. The van der Waals surface area contributed by atoms with Crippen LogP contribution in [0.1, 0.15) is 26.3 Å². The monoisotopic (exact) mass is 355 g/mol. The van der Waals surface area contributed by atoms with Crippen LogP contribution in [0.2, 0.25) is 0 Å². The van der Waals surface area contributed by atoms with Crippen LogP contribution in [-0.2, 0) is 16.8 Å². The summed E-state index contributed by atoms with van der Waals surface area (Å²) in [4.78, 5) is 9.20. The molecule has 0 spiro atoms. The third-order valence-electron chi connectivity index (χ3n) is 4.46. The van der Waals surface area contributed by atoms with Crippen LogP contribution in [0.25, 0.3) is 0 Å². The van der Waals surface area contributed by atoms with E-state index in [-0.39, 0.29) is 6.54 Å². The summed E-state index contributed by atoms with van der Waals surface area (Å²) in [7, 11) is -3.42. The van der Waals surface area contributed by atoms with E-state index in [0.29, 0.717) is 13.1 Å². The maximum absolute atomic E-state index is 12.1. The molecule has 0 bridgehead atoms. The molecule has 24 heavy (non-hydrogen) atoms. The molecule has 2 heterocycles. The Morgan fingerprint density at radius 3 is 2.29 bits per heavy atom. The average molecular weight is 356 g/mol. The second-order valence-corrected chi connectivity index (χ2v) is 7.61. The van der Waals surface area contributed by atoms with Gasteiger partial charge in [0.1, 0.15) is 5.82 Å². The SMILES string of the molecule is CCN1CCN(c2ccc(CNS(=O)(=O)N(CC)CC)cn2)CC1. The van der Waals surface area contributed by atoms with Crippen molar-refractivity contribution in [1.82, 2.24) is 18.9 Å². The number of hydrogen-bond acceptors (Lipinski definition) is 5. The fourth-order valence-corrected chi connectivity index (χ4v) is 4.04. The van der Waals surface area contributed by atoms with Crippen LogP contribution in [0.5, 0.6) is 0 Å². The molecule has 0 amide bonds. The molecule has 1 aliphatic heterocycles. The summed E-state index contributed by atoms with van der Waals surface area (Å²) < 4.78 is 28.3. The van der Waals surface area contributed by atoms with Crippen molar-refractivity contribution in [1.29, 1.82) is 0 Å². The van der Waals surface area contributed by atoms with Crippen LogP contribution >= 0.6 is 0 Å². The standard InChI is InChI=1S/C16H29N5O2S/c1-4-19-9-11-20(12-10-19)16-8-7-15(13-17-16)14-18-24(22,23)21(5-2)6-3/h7-8,13,18H,4-6,9-12,14H2,1-3H3. The zero-order chi connectivity index (χ0) is 17.6. The van der Waals surface area contributed by atoms with Crippen molar-refractivity contribution in [2.45, 2.75) is 27.3 Å². The summed E-state index contributed by atoms with van der Waals surface area (Å²) in [6, 6.07) is 3.92. The Morgan fingerprint density at radius 2 is 1.79 bits per heavy atom. The smallest absolute Gasteiger partial charge is 0.279 e. The fourth-order valence-electron chi connectivity index (χ4n) is 2.83. The molecule has 7 nitrogen and oxygen atoms in total. The van der Waals surface area contributed by atoms with Gasteiger partial charge in [-0.25, -0.2) is 4.98 Å². The second-order valence-electron chi connectivity index (χ2n) is 5.86. The van der Waals surface area contributed by atoms with Gasteiger partial charge in [0, 0.05) is 52.0 Å². The molecule has 0 atom stereocenters. The van der Waals surface area contributed by atoms with Crippen molar-refractivity contribution < 1.29 is 8.42 Å². The number of pyridine rings is 1. The lowest BCUT2D eigenvalue weighted by atomic mass is 10.2. The van der Waals surface area contributed by atoms with Crippen molar-refractivity contribution in [3.63, 3.8) is 0 Å². The normalized spacial score (nSPS) is 16.8. The number of piperazine rings is 1.